The molecule has 7 atom stereocenters. The number of aliphatic hydroxyl groups excluding tert-OH is 2. The van der Waals surface area contributed by atoms with E-state index in [2.05, 4.69) is 13.2 Å². The standard InChI is InChI=1S/C16H22O4/c1-4-9-14-12(18)5-7(2)10-6-11(17)8(3)13(10)15(14)20-16(9)19/h9-15,17-18H,2-6H2,1H3/t9-,10-,11-,12-,13-,14+,15+/m0/s1. The van der Waals surface area contributed by atoms with Gasteiger partial charge in [-0.2, -0.15) is 0 Å². The molecule has 3 aliphatic rings. The predicted molar refractivity (Wildman–Crippen MR) is 73.7 cm³/mol. The van der Waals surface area contributed by atoms with E-state index in [0.717, 1.165) is 11.1 Å². The first-order chi connectivity index (χ1) is 9.45. The van der Waals surface area contributed by atoms with E-state index in [9.17, 15) is 15.0 Å². The molecule has 4 nitrogen and oxygen atoms in total. The van der Waals surface area contributed by atoms with Gasteiger partial charge in [-0.3, -0.25) is 4.79 Å². The van der Waals surface area contributed by atoms with E-state index >= 15 is 0 Å². The molecule has 0 spiro atoms. The largest absolute Gasteiger partial charge is 0.461 e. The maximum Gasteiger partial charge on any atom is 0.309 e. The van der Waals surface area contributed by atoms with Gasteiger partial charge in [-0.15, -0.1) is 0 Å². The minimum absolute atomic E-state index is 0.0607. The van der Waals surface area contributed by atoms with Gasteiger partial charge in [0.2, 0.25) is 0 Å². The highest BCUT2D eigenvalue weighted by Crippen LogP contribution is 2.52. The minimum Gasteiger partial charge on any atom is -0.461 e. The monoisotopic (exact) mass is 278 g/mol. The van der Waals surface area contributed by atoms with Crippen LogP contribution in [0.3, 0.4) is 0 Å². The smallest absolute Gasteiger partial charge is 0.309 e. The molecule has 3 fully saturated rings. The van der Waals surface area contributed by atoms with E-state index < -0.39 is 12.2 Å². The van der Waals surface area contributed by atoms with Crippen molar-refractivity contribution < 1.29 is 19.7 Å². The van der Waals surface area contributed by atoms with E-state index in [4.69, 9.17) is 4.74 Å². The fourth-order valence-electron chi connectivity index (χ4n) is 4.36. The van der Waals surface area contributed by atoms with E-state index in [1.54, 1.807) is 0 Å². The number of hydrogen-bond donors (Lipinski definition) is 2. The topological polar surface area (TPSA) is 66.8 Å². The van der Waals surface area contributed by atoms with Gasteiger partial charge in [0.25, 0.3) is 0 Å². The lowest BCUT2D eigenvalue weighted by molar-refractivity contribution is -0.145. The molecule has 0 bridgehead atoms. The summed E-state index contributed by atoms with van der Waals surface area (Å²) < 4.78 is 5.59. The first-order valence-electron chi connectivity index (χ1n) is 7.38. The van der Waals surface area contributed by atoms with E-state index in [-0.39, 0.29) is 35.7 Å². The SMILES string of the molecule is C=C1[C@@H]2[C@H]3OC(=O)[C@@H](CC)[C@@H]3[C@@H](O)CC(=C)[C@@H]2C[C@@H]1O. The Kier molecular flexibility index (Phi) is 3.26. The number of fused-ring (bicyclic) bond motifs is 3. The fourth-order valence-corrected chi connectivity index (χ4v) is 4.36. The van der Waals surface area contributed by atoms with Crippen LogP contribution >= 0.6 is 0 Å². The molecule has 3 rings (SSSR count). The molecular formula is C16H22O4. The average molecular weight is 278 g/mol. The Balaban J connectivity index is 2.02. The van der Waals surface area contributed by atoms with Crippen molar-refractivity contribution in [3.05, 3.63) is 24.3 Å². The maximum absolute atomic E-state index is 12.0. The van der Waals surface area contributed by atoms with E-state index in [1.165, 1.54) is 0 Å². The highest BCUT2D eigenvalue weighted by Gasteiger charge is 2.57. The van der Waals surface area contributed by atoms with Crippen molar-refractivity contribution in [3.8, 4) is 0 Å². The zero-order valence-corrected chi connectivity index (χ0v) is 11.8. The Morgan fingerprint density at radius 3 is 2.70 bits per heavy atom. The van der Waals surface area contributed by atoms with Crippen LogP contribution in [0.1, 0.15) is 26.2 Å². The van der Waals surface area contributed by atoms with Crippen LogP contribution in [0, 0.1) is 23.7 Å². The van der Waals surface area contributed by atoms with Crippen LogP contribution in [0.5, 0.6) is 0 Å². The lowest BCUT2D eigenvalue weighted by Gasteiger charge is -2.28. The second-order valence-corrected chi connectivity index (χ2v) is 6.38. The quantitative estimate of drug-likeness (QED) is 0.562. The summed E-state index contributed by atoms with van der Waals surface area (Å²) >= 11 is 0. The normalized spacial score (nSPS) is 47.8. The number of aliphatic hydroxyl groups is 2. The highest BCUT2D eigenvalue weighted by molar-refractivity contribution is 5.75. The zero-order valence-electron chi connectivity index (χ0n) is 11.8. The molecular weight excluding hydrogens is 256 g/mol. The van der Waals surface area contributed by atoms with Crippen molar-refractivity contribution in [1.29, 1.82) is 0 Å². The van der Waals surface area contributed by atoms with Gasteiger partial charge >= 0.3 is 5.97 Å². The van der Waals surface area contributed by atoms with Crippen LogP contribution in [0.2, 0.25) is 0 Å². The van der Waals surface area contributed by atoms with Crippen LogP contribution in [0.25, 0.3) is 0 Å². The Bertz CT molecular complexity index is 469. The number of carbonyl (C=O) groups excluding carboxylic acids is 1. The molecule has 0 aromatic rings. The molecule has 1 aliphatic heterocycles. The third-order valence-electron chi connectivity index (χ3n) is 5.40. The Labute approximate surface area is 119 Å². The molecule has 110 valence electrons. The van der Waals surface area contributed by atoms with Crippen LogP contribution in [0.15, 0.2) is 24.3 Å². The van der Waals surface area contributed by atoms with Crippen LogP contribution in [0.4, 0.5) is 0 Å². The third kappa shape index (κ3) is 1.78. The molecule has 1 heterocycles. The van der Waals surface area contributed by atoms with Crippen molar-refractivity contribution >= 4 is 5.97 Å². The molecule has 2 saturated carbocycles. The molecule has 0 unspecified atom stereocenters. The van der Waals surface area contributed by atoms with Crippen molar-refractivity contribution in [2.45, 2.75) is 44.5 Å². The number of hydrogen-bond acceptors (Lipinski definition) is 4. The van der Waals surface area contributed by atoms with Gasteiger partial charge in [-0.05, 0) is 30.8 Å². The number of rotatable bonds is 1. The van der Waals surface area contributed by atoms with Crippen molar-refractivity contribution in [2.75, 3.05) is 0 Å². The maximum atomic E-state index is 12.0. The summed E-state index contributed by atoms with van der Waals surface area (Å²) in [5.74, 6) is -0.721. The molecule has 4 heteroatoms. The van der Waals surface area contributed by atoms with Crippen LogP contribution in [-0.4, -0.2) is 34.5 Å². The summed E-state index contributed by atoms with van der Waals surface area (Å²) in [5.41, 5.74) is 1.67. The molecule has 1 saturated heterocycles. The van der Waals surface area contributed by atoms with Crippen LogP contribution < -0.4 is 0 Å². The van der Waals surface area contributed by atoms with Gasteiger partial charge in [0.05, 0.1) is 18.1 Å². The van der Waals surface area contributed by atoms with Gasteiger partial charge in [-0.1, -0.05) is 25.7 Å². The Morgan fingerprint density at radius 2 is 2.05 bits per heavy atom. The molecule has 0 aromatic carbocycles. The van der Waals surface area contributed by atoms with Gasteiger partial charge < -0.3 is 14.9 Å². The lowest BCUT2D eigenvalue weighted by atomic mass is 9.78. The number of ether oxygens (including phenoxy) is 1. The molecule has 20 heavy (non-hydrogen) atoms. The van der Waals surface area contributed by atoms with Crippen LogP contribution in [-0.2, 0) is 9.53 Å². The molecule has 2 aliphatic carbocycles. The summed E-state index contributed by atoms with van der Waals surface area (Å²) in [4.78, 5) is 12.0. The molecule has 0 aromatic heterocycles. The second-order valence-electron chi connectivity index (χ2n) is 6.38. The number of carbonyl (C=O) groups is 1. The van der Waals surface area contributed by atoms with Crippen molar-refractivity contribution in [1.82, 2.24) is 0 Å². The number of esters is 1. The summed E-state index contributed by atoms with van der Waals surface area (Å²) in [7, 11) is 0. The Hall–Kier alpha value is -1.13. The summed E-state index contributed by atoms with van der Waals surface area (Å²) in [5, 5.41) is 20.5. The minimum atomic E-state index is -0.598. The van der Waals surface area contributed by atoms with Crippen molar-refractivity contribution in [3.63, 3.8) is 0 Å². The first kappa shape index (κ1) is 13.8. The summed E-state index contributed by atoms with van der Waals surface area (Å²) in [6, 6.07) is 0. The van der Waals surface area contributed by atoms with Gasteiger partial charge in [0, 0.05) is 11.8 Å². The lowest BCUT2D eigenvalue weighted by Crippen LogP contribution is -2.36. The van der Waals surface area contributed by atoms with E-state index in [0.29, 0.717) is 19.3 Å². The third-order valence-corrected chi connectivity index (χ3v) is 5.40. The summed E-state index contributed by atoms with van der Waals surface area (Å²) in [6.07, 6.45) is 0.200. The molecule has 2 N–H and O–H groups in total. The summed E-state index contributed by atoms with van der Waals surface area (Å²) in [6.45, 7) is 10.0. The van der Waals surface area contributed by atoms with Crippen molar-refractivity contribution in [2.24, 2.45) is 23.7 Å². The highest BCUT2D eigenvalue weighted by atomic mass is 16.6. The van der Waals surface area contributed by atoms with Gasteiger partial charge in [-0.25, -0.2) is 0 Å². The fraction of sp³-hybridized carbons (Fsp3) is 0.688. The predicted octanol–water partition coefficient (Wildman–Crippen LogP) is 1.43. The molecule has 0 amide bonds. The van der Waals surface area contributed by atoms with Gasteiger partial charge in [0.1, 0.15) is 6.10 Å². The van der Waals surface area contributed by atoms with E-state index in [1.807, 2.05) is 6.92 Å². The zero-order chi connectivity index (χ0) is 14.6. The molecule has 0 radical (unpaired) electrons. The second kappa shape index (κ2) is 4.71. The average Bonchev–Trinajstić information content (AvgIpc) is 2.84. The first-order valence-corrected chi connectivity index (χ1v) is 7.38. The van der Waals surface area contributed by atoms with Gasteiger partial charge in [0.15, 0.2) is 0 Å². The Morgan fingerprint density at radius 1 is 1.35 bits per heavy atom.